The minimum Gasteiger partial charge on any atom is -0.435 e. The van der Waals surface area contributed by atoms with Crippen LogP contribution in [0.2, 0.25) is 0 Å². The first kappa shape index (κ1) is 6.85. The SMILES string of the molecule is O=C(O)[N+]12C=CCCC1CC2. The zero-order valence-corrected chi connectivity index (χ0v) is 6.36. The molecule has 60 valence electrons. The maximum Gasteiger partial charge on any atom is 0.518 e. The number of carbonyl (C=O) groups is 1. The van der Waals surface area contributed by atoms with Crippen LogP contribution in [0.3, 0.4) is 0 Å². The fourth-order valence-electron chi connectivity index (χ4n) is 2.03. The van der Waals surface area contributed by atoms with Crippen molar-refractivity contribution in [2.75, 3.05) is 6.54 Å². The van der Waals surface area contributed by atoms with Crippen LogP contribution >= 0.6 is 0 Å². The summed E-state index contributed by atoms with van der Waals surface area (Å²) in [5.41, 5.74) is 0. The lowest BCUT2D eigenvalue weighted by Gasteiger charge is -2.46. The van der Waals surface area contributed by atoms with E-state index in [1.165, 1.54) is 0 Å². The summed E-state index contributed by atoms with van der Waals surface area (Å²) in [4.78, 5) is 10.9. The van der Waals surface area contributed by atoms with Gasteiger partial charge in [0.05, 0.1) is 13.0 Å². The molecule has 2 heterocycles. The first-order chi connectivity index (χ1) is 5.26. The lowest BCUT2D eigenvalue weighted by Crippen LogP contribution is -2.65. The molecule has 0 aromatic carbocycles. The van der Waals surface area contributed by atoms with Gasteiger partial charge < -0.3 is 5.11 Å². The first-order valence-corrected chi connectivity index (χ1v) is 4.04. The third kappa shape index (κ3) is 0.744. The molecule has 0 aromatic rings. The van der Waals surface area contributed by atoms with Crippen molar-refractivity contribution in [3.05, 3.63) is 12.3 Å². The van der Waals surface area contributed by atoms with Gasteiger partial charge in [0.1, 0.15) is 12.2 Å². The normalized spacial score (nSPS) is 40.9. The Morgan fingerprint density at radius 1 is 1.55 bits per heavy atom. The van der Waals surface area contributed by atoms with Crippen molar-refractivity contribution in [1.29, 1.82) is 0 Å². The van der Waals surface area contributed by atoms with E-state index in [9.17, 15) is 4.79 Å². The molecular weight excluding hydrogens is 142 g/mol. The standard InChI is InChI=1S/C8H11NO2/c10-8(11)9-5-2-1-3-7(9)4-6-9/h2,5,7H,1,3-4,6H2/p+1. The molecule has 0 saturated carbocycles. The topological polar surface area (TPSA) is 37.3 Å². The molecule has 1 fully saturated rings. The molecule has 0 radical (unpaired) electrons. The fourth-order valence-corrected chi connectivity index (χ4v) is 2.03. The highest BCUT2D eigenvalue weighted by molar-refractivity contribution is 5.58. The average Bonchev–Trinajstić information content (AvgIpc) is 1.91. The van der Waals surface area contributed by atoms with E-state index in [2.05, 4.69) is 0 Å². The number of fused-ring (bicyclic) bond motifs is 1. The number of hydrogen-bond donors (Lipinski definition) is 1. The highest BCUT2D eigenvalue weighted by atomic mass is 16.4. The molecular formula is C8H12NO2+. The van der Waals surface area contributed by atoms with E-state index in [1.807, 2.05) is 12.3 Å². The van der Waals surface area contributed by atoms with E-state index >= 15 is 0 Å². The number of hydrogen-bond acceptors (Lipinski definition) is 1. The third-order valence-electron chi connectivity index (χ3n) is 2.88. The van der Waals surface area contributed by atoms with Crippen LogP contribution in [0.4, 0.5) is 4.79 Å². The summed E-state index contributed by atoms with van der Waals surface area (Å²) in [6.07, 6.45) is 6.33. The maximum absolute atomic E-state index is 10.9. The van der Waals surface area contributed by atoms with Crippen LogP contribution < -0.4 is 0 Å². The second-order valence-electron chi connectivity index (χ2n) is 3.34. The summed E-state index contributed by atoms with van der Waals surface area (Å²) in [6, 6.07) is 0.373. The van der Waals surface area contributed by atoms with Gasteiger partial charge in [0.25, 0.3) is 0 Å². The van der Waals surface area contributed by atoms with Crippen molar-refractivity contribution in [2.45, 2.75) is 25.3 Å². The van der Waals surface area contributed by atoms with E-state index < -0.39 is 6.09 Å². The largest absolute Gasteiger partial charge is 0.518 e. The molecule has 2 aliphatic heterocycles. The summed E-state index contributed by atoms with van der Waals surface area (Å²) < 4.78 is 0.208. The van der Waals surface area contributed by atoms with Gasteiger partial charge in [-0.15, -0.1) is 0 Å². The van der Waals surface area contributed by atoms with Crippen LogP contribution in [0.25, 0.3) is 0 Å². The van der Waals surface area contributed by atoms with Crippen molar-refractivity contribution in [3.8, 4) is 0 Å². The van der Waals surface area contributed by atoms with Crippen LogP contribution in [0.15, 0.2) is 12.3 Å². The Balaban J connectivity index is 2.28. The van der Waals surface area contributed by atoms with Gasteiger partial charge >= 0.3 is 6.09 Å². The lowest BCUT2D eigenvalue weighted by atomic mass is 9.91. The Morgan fingerprint density at radius 3 is 2.73 bits per heavy atom. The van der Waals surface area contributed by atoms with Gasteiger partial charge in [-0.3, -0.25) is 0 Å². The summed E-state index contributed by atoms with van der Waals surface area (Å²) >= 11 is 0. The molecule has 2 unspecified atom stereocenters. The Kier molecular flexibility index (Phi) is 1.29. The molecule has 0 spiro atoms. The molecule has 2 atom stereocenters. The van der Waals surface area contributed by atoms with Gasteiger partial charge in [-0.25, -0.2) is 0 Å². The Labute approximate surface area is 65.5 Å². The number of amides is 1. The highest BCUT2D eigenvalue weighted by Gasteiger charge is 2.52. The van der Waals surface area contributed by atoms with E-state index in [1.54, 1.807) is 0 Å². The minimum atomic E-state index is -0.683. The number of quaternary nitrogens is 1. The molecule has 0 aromatic heterocycles. The number of carboxylic acid groups (broad SMARTS) is 1. The predicted octanol–water partition coefficient (Wildman–Crippen LogP) is 1.56. The Hall–Kier alpha value is -0.830. The van der Waals surface area contributed by atoms with Gasteiger partial charge in [-0.1, -0.05) is 0 Å². The summed E-state index contributed by atoms with van der Waals surface area (Å²) in [6.45, 7) is 0.788. The van der Waals surface area contributed by atoms with Crippen LogP contribution in [0.5, 0.6) is 0 Å². The third-order valence-corrected chi connectivity index (χ3v) is 2.88. The van der Waals surface area contributed by atoms with Crippen LogP contribution in [0, 0.1) is 0 Å². The molecule has 1 amide bonds. The summed E-state index contributed by atoms with van der Waals surface area (Å²) in [7, 11) is 0. The summed E-state index contributed by atoms with van der Waals surface area (Å²) in [5.74, 6) is 0. The minimum absolute atomic E-state index is 0.208. The maximum atomic E-state index is 10.9. The number of rotatable bonds is 0. The molecule has 0 aliphatic carbocycles. The average molecular weight is 154 g/mol. The van der Waals surface area contributed by atoms with Crippen molar-refractivity contribution in [2.24, 2.45) is 0 Å². The van der Waals surface area contributed by atoms with Gasteiger partial charge in [0, 0.05) is 6.42 Å². The van der Waals surface area contributed by atoms with Gasteiger partial charge in [-0.2, -0.15) is 9.28 Å². The molecule has 2 rings (SSSR count). The fraction of sp³-hybridized carbons (Fsp3) is 0.625. The molecule has 1 N–H and O–H groups in total. The van der Waals surface area contributed by atoms with Crippen molar-refractivity contribution in [3.63, 3.8) is 0 Å². The lowest BCUT2D eigenvalue weighted by molar-refractivity contribution is -0.879. The van der Waals surface area contributed by atoms with E-state index in [4.69, 9.17) is 5.11 Å². The zero-order chi connectivity index (χ0) is 7.90. The molecule has 1 saturated heterocycles. The molecule has 3 nitrogen and oxygen atoms in total. The zero-order valence-electron chi connectivity index (χ0n) is 6.36. The number of nitrogens with zero attached hydrogens (tertiary/aromatic N) is 1. The van der Waals surface area contributed by atoms with Crippen molar-refractivity contribution in [1.82, 2.24) is 0 Å². The van der Waals surface area contributed by atoms with E-state index in [0.29, 0.717) is 6.04 Å². The van der Waals surface area contributed by atoms with Crippen molar-refractivity contribution >= 4 is 6.09 Å². The molecule has 11 heavy (non-hydrogen) atoms. The van der Waals surface area contributed by atoms with Crippen LogP contribution in [-0.4, -0.2) is 28.3 Å². The van der Waals surface area contributed by atoms with Crippen molar-refractivity contribution < 1.29 is 14.4 Å². The predicted molar refractivity (Wildman–Crippen MR) is 39.9 cm³/mol. The molecule has 2 aliphatic rings. The van der Waals surface area contributed by atoms with E-state index in [0.717, 1.165) is 25.8 Å². The highest BCUT2D eigenvalue weighted by Crippen LogP contribution is 2.35. The first-order valence-electron chi connectivity index (χ1n) is 4.04. The molecule has 3 heteroatoms. The quantitative estimate of drug-likeness (QED) is 0.537. The second-order valence-corrected chi connectivity index (χ2v) is 3.34. The summed E-state index contributed by atoms with van der Waals surface area (Å²) in [5, 5.41) is 8.94. The van der Waals surface area contributed by atoms with Gasteiger partial charge in [0.2, 0.25) is 0 Å². The van der Waals surface area contributed by atoms with Crippen LogP contribution in [0.1, 0.15) is 19.3 Å². The van der Waals surface area contributed by atoms with Crippen LogP contribution in [-0.2, 0) is 0 Å². The van der Waals surface area contributed by atoms with Gasteiger partial charge in [-0.05, 0) is 12.5 Å². The molecule has 0 bridgehead atoms. The van der Waals surface area contributed by atoms with Gasteiger partial charge in [0.15, 0.2) is 0 Å². The Bertz CT molecular complexity index is 224. The monoisotopic (exact) mass is 154 g/mol. The smallest absolute Gasteiger partial charge is 0.435 e. The van der Waals surface area contributed by atoms with E-state index in [-0.39, 0.29) is 4.48 Å². The second kappa shape index (κ2) is 2.08. The number of allylic oxidation sites excluding steroid dienone is 1. The Morgan fingerprint density at radius 2 is 2.36 bits per heavy atom.